The Balaban J connectivity index is 2.30. The molecule has 0 aliphatic carbocycles. The normalized spacial score (nSPS) is 10.7. The molecule has 3 aromatic rings. The second-order valence-electron chi connectivity index (χ2n) is 4.30. The van der Waals surface area contributed by atoms with Crippen LogP contribution in [0.5, 0.6) is 0 Å². The average Bonchev–Trinajstić information content (AvgIpc) is 2.41. The van der Waals surface area contributed by atoms with Crippen molar-refractivity contribution >= 4 is 16.6 Å². The van der Waals surface area contributed by atoms with Crippen LogP contribution in [-0.4, -0.2) is 9.97 Å². The van der Waals surface area contributed by atoms with Gasteiger partial charge in [-0.05, 0) is 23.3 Å². The molecular weight excluding hydrogens is 222 g/mol. The Morgan fingerprint density at radius 1 is 0.889 bits per heavy atom. The van der Waals surface area contributed by atoms with Crippen molar-refractivity contribution in [3.63, 3.8) is 0 Å². The molecule has 0 spiro atoms. The van der Waals surface area contributed by atoms with Crippen LogP contribution < -0.4 is 5.73 Å². The molecule has 0 bridgehead atoms. The predicted octanol–water partition coefficient (Wildman–Crippen LogP) is 3.19. The van der Waals surface area contributed by atoms with E-state index in [1.54, 1.807) is 12.4 Å². The summed E-state index contributed by atoms with van der Waals surface area (Å²) in [5, 5.41) is 2.44. The first-order valence-electron chi connectivity index (χ1n) is 5.82. The van der Waals surface area contributed by atoms with Crippen LogP contribution in [0.25, 0.3) is 22.0 Å². The van der Waals surface area contributed by atoms with Crippen molar-refractivity contribution in [2.24, 2.45) is 0 Å². The summed E-state index contributed by atoms with van der Waals surface area (Å²) in [6.07, 6.45) is 3.30. The lowest BCUT2D eigenvalue weighted by Crippen LogP contribution is -1.93. The summed E-state index contributed by atoms with van der Waals surface area (Å²) < 4.78 is 0. The van der Waals surface area contributed by atoms with E-state index in [2.05, 4.69) is 41.2 Å². The summed E-state index contributed by atoms with van der Waals surface area (Å²) >= 11 is 0. The number of hydrogen-bond donors (Lipinski definition) is 1. The number of aromatic nitrogens is 2. The molecule has 0 unspecified atom stereocenters. The average molecular weight is 235 g/mol. The zero-order chi connectivity index (χ0) is 12.5. The van der Waals surface area contributed by atoms with Gasteiger partial charge in [-0.2, -0.15) is 0 Å². The zero-order valence-electron chi connectivity index (χ0n) is 10.1. The number of rotatable bonds is 1. The summed E-state index contributed by atoms with van der Waals surface area (Å²) in [6, 6.07) is 12.5. The fraction of sp³-hybridized carbons (Fsp3) is 0.0667. The molecule has 1 aromatic heterocycles. The number of nitrogens with two attached hydrogens (primary N) is 1. The fourth-order valence-electron chi connectivity index (χ4n) is 2.15. The second kappa shape index (κ2) is 4.11. The molecule has 1 heterocycles. The highest BCUT2D eigenvalue weighted by Crippen LogP contribution is 2.29. The molecule has 0 radical (unpaired) electrons. The number of hydrogen-bond acceptors (Lipinski definition) is 3. The van der Waals surface area contributed by atoms with Crippen molar-refractivity contribution < 1.29 is 0 Å². The SMILES string of the molecule is Cc1ccc(-c2cnc(N)cn2)c2ccccc12. The van der Waals surface area contributed by atoms with Crippen LogP contribution in [0, 0.1) is 6.92 Å². The van der Waals surface area contributed by atoms with Gasteiger partial charge in [-0.25, -0.2) is 4.98 Å². The Labute approximate surface area is 105 Å². The van der Waals surface area contributed by atoms with Gasteiger partial charge in [0.05, 0.1) is 18.1 Å². The van der Waals surface area contributed by atoms with Gasteiger partial charge in [0.15, 0.2) is 0 Å². The highest BCUT2D eigenvalue weighted by atomic mass is 14.9. The molecule has 18 heavy (non-hydrogen) atoms. The van der Waals surface area contributed by atoms with Crippen molar-refractivity contribution in [2.75, 3.05) is 5.73 Å². The summed E-state index contributed by atoms with van der Waals surface area (Å²) in [7, 11) is 0. The summed E-state index contributed by atoms with van der Waals surface area (Å²) in [4.78, 5) is 8.44. The molecule has 0 aliphatic rings. The van der Waals surface area contributed by atoms with Crippen LogP contribution in [-0.2, 0) is 0 Å². The highest BCUT2D eigenvalue weighted by molar-refractivity contribution is 5.97. The lowest BCUT2D eigenvalue weighted by atomic mass is 9.99. The van der Waals surface area contributed by atoms with Crippen molar-refractivity contribution in [1.29, 1.82) is 0 Å². The van der Waals surface area contributed by atoms with Gasteiger partial charge in [0.2, 0.25) is 0 Å². The van der Waals surface area contributed by atoms with Crippen molar-refractivity contribution in [3.8, 4) is 11.3 Å². The first-order chi connectivity index (χ1) is 8.75. The van der Waals surface area contributed by atoms with Gasteiger partial charge in [0, 0.05) is 5.56 Å². The maximum Gasteiger partial charge on any atom is 0.141 e. The minimum atomic E-state index is 0.440. The molecule has 0 saturated carbocycles. The minimum absolute atomic E-state index is 0.440. The van der Waals surface area contributed by atoms with E-state index in [0.29, 0.717) is 5.82 Å². The van der Waals surface area contributed by atoms with Gasteiger partial charge in [0.25, 0.3) is 0 Å². The van der Waals surface area contributed by atoms with E-state index in [-0.39, 0.29) is 0 Å². The molecule has 3 rings (SSSR count). The van der Waals surface area contributed by atoms with E-state index in [4.69, 9.17) is 5.73 Å². The first-order valence-corrected chi connectivity index (χ1v) is 5.82. The van der Waals surface area contributed by atoms with Gasteiger partial charge >= 0.3 is 0 Å². The Bertz CT molecular complexity index is 703. The van der Waals surface area contributed by atoms with Crippen LogP contribution in [0.4, 0.5) is 5.82 Å². The third-order valence-corrected chi connectivity index (χ3v) is 3.09. The lowest BCUT2D eigenvalue weighted by molar-refractivity contribution is 1.22. The van der Waals surface area contributed by atoms with Crippen LogP contribution in [0.3, 0.4) is 0 Å². The predicted molar refractivity (Wildman–Crippen MR) is 74.1 cm³/mol. The van der Waals surface area contributed by atoms with Gasteiger partial charge in [-0.3, -0.25) is 4.98 Å². The molecule has 2 aromatic carbocycles. The Kier molecular flexibility index (Phi) is 2.45. The number of nitrogen functional groups attached to an aromatic ring is 1. The van der Waals surface area contributed by atoms with E-state index >= 15 is 0 Å². The highest BCUT2D eigenvalue weighted by Gasteiger charge is 2.06. The molecule has 0 saturated heterocycles. The molecule has 3 nitrogen and oxygen atoms in total. The first kappa shape index (κ1) is 10.7. The van der Waals surface area contributed by atoms with Crippen LogP contribution in [0.1, 0.15) is 5.56 Å². The summed E-state index contributed by atoms with van der Waals surface area (Å²) in [5.41, 5.74) is 8.76. The van der Waals surface area contributed by atoms with Crippen LogP contribution >= 0.6 is 0 Å². The molecule has 0 fully saturated rings. The van der Waals surface area contributed by atoms with E-state index in [1.807, 2.05) is 12.1 Å². The van der Waals surface area contributed by atoms with Gasteiger partial charge in [0.1, 0.15) is 5.82 Å². The second-order valence-corrected chi connectivity index (χ2v) is 4.30. The molecule has 3 heteroatoms. The monoisotopic (exact) mass is 235 g/mol. The molecule has 88 valence electrons. The number of fused-ring (bicyclic) bond motifs is 1. The quantitative estimate of drug-likeness (QED) is 0.704. The largest absolute Gasteiger partial charge is 0.382 e. The van der Waals surface area contributed by atoms with Crippen molar-refractivity contribution in [3.05, 3.63) is 54.4 Å². The smallest absolute Gasteiger partial charge is 0.141 e. The third-order valence-electron chi connectivity index (χ3n) is 3.09. The number of benzene rings is 2. The number of aryl methyl sites for hydroxylation is 1. The maximum atomic E-state index is 5.57. The summed E-state index contributed by atoms with van der Waals surface area (Å²) in [5.74, 6) is 0.440. The standard InChI is InChI=1S/C15H13N3/c1-10-6-7-13(12-5-3-2-4-11(10)12)14-8-18-15(16)9-17-14/h2-9H,1H3,(H2,16,18). The molecule has 0 atom stereocenters. The van der Waals surface area contributed by atoms with E-state index in [1.165, 1.54) is 16.3 Å². The minimum Gasteiger partial charge on any atom is -0.382 e. The number of anilines is 1. The zero-order valence-corrected chi connectivity index (χ0v) is 10.1. The third kappa shape index (κ3) is 1.70. The Morgan fingerprint density at radius 3 is 2.39 bits per heavy atom. The Hall–Kier alpha value is -2.42. The van der Waals surface area contributed by atoms with Gasteiger partial charge in [-0.1, -0.05) is 36.4 Å². The maximum absolute atomic E-state index is 5.57. The lowest BCUT2D eigenvalue weighted by Gasteiger charge is -2.08. The van der Waals surface area contributed by atoms with Gasteiger partial charge in [-0.15, -0.1) is 0 Å². The molecule has 2 N–H and O–H groups in total. The molecule has 0 amide bonds. The van der Waals surface area contributed by atoms with Crippen LogP contribution in [0.2, 0.25) is 0 Å². The van der Waals surface area contributed by atoms with E-state index in [9.17, 15) is 0 Å². The summed E-state index contributed by atoms with van der Waals surface area (Å²) in [6.45, 7) is 2.11. The number of nitrogens with zero attached hydrogens (tertiary/aromatic N) is 2. The van der Waals surface area contributed by atoms with Gasteiger partial charge < -0.3 is 5.73 Å². The van der Waals surface area contributed by atoms with Crippen molar-refractivity contribution in [2.45, 2.75) is 6.92 Å². The Morgan fingerprint density at radius 2 is 1.67 bits per heavy atom. The van der Waals surface area contributed by atoms with E-state index < -0.39 is 0 Å². The molecule has 0 aliphatic heterocycles. The fourth-order valence-corrected chi connectivity index (χ4v) is 2.15. The van der Waals surface area contributed by atoms with E-state index in [0.717, 1.165) is 11.3 Å². The van der Waals surface area contributed by atoms with Crippen LogP contribution in [0.15, 0.2) is 48.8 Å². The topological polar surface area (TPSA) is 51.8 Å². The molecular formula is C15H13N3. The van der Waals surface area contributed by atoms with Crippen molar-refractivity contribution in [1.82, 2.24) is 9.97 Å².